The summed E-state index contributed by atoms with van der Waals surface area (Å²) < 4.78 is 27.9. The van der Waals surface area contributed by atoms with Crippen LogP contribution in [0.2, 0.25) is 0 Å². The van der Waals surface area contributed by atoms with Gasteiger partial charge in [0.15, 0.2) is 0 Å². The number of Topliss-reactive ketones (excluding diaryl/α,β-unsaturated/α-hetero) is 1. The van der Waals surface area contributed by atoms with E-state index in [0.717, 1.165) is 19.3 Å². The monoisotopic (exact) mass is 766 g/mol. The van der Waals surface area contributed by atoms with Crippen LogP contribution in [0.5, 0.6) is 0 Å². The number of ketones is 1. The molecule has 1 aliphatic heterocycles. The van der Waals surface area contributed by atoms with E-state index in [1.165, 1.54) is 34.5 Å². The minimum atomic E-state index is -3.84. The van der Waals surface area contributed by atoms with Crippen molar-refractivity contribution in [2.75, 3.05) is 26.7 Å². The molecule has 1 aromatic carbocycles. The van der Waals surface area contributed by atoms with E-state index in [9.17, 15) is 32.4 Å². The highest BCUT2D eigenvalue weighted by atomic mass is 32.2. The molecule has 4 N–H and O–H groups in total. The third-order valence-corrected chi connectivity index (χ3v) is 13.4. The van der Waals surface area contributed by atoms with Gasteiger partial charge in [0.1, 0.15) is 12.1 Å². The minimum Gasteiger partial charge on any atom is -0.346 e. The van der Waals surface area contributed by atoms with Crippen LogP contribution in [0, 0.1) is 40.9 Å². The van der Waals surface area contributed by atoms with Crippen molar-refractivity contribution in [2.45, 2.75) is 109 Å². The van der Waals surface area contributed by atoms with E-state index in [0.29, 0.717) is 19.4 Å². The van der Waals surface area contributed by atoms with Crippen molar-refractivity contribution in [3.8, 4) is 12.3 Å². The van der Waals surface area contributed by atoms with Crippen molar-refractivity contribution in [2.24, 2.45) is 28.6 Å². The van der Waals surface area contributed by atoms with Gasteiger partial charge in [0.25, 0.3) is 5.91 Å². The second-order valence-electron chi connectivity index (χ2n) is 16.6. The maximum atomic E-state index is 14.7. The third kappa shape index (κ3) is 9.71. The van der Waals surface area contributed by atoms with Gasteiger partial charge in [-0.25, -0.2) is 13.2 Å². The second-order valence-corrected chi connectivity index (χ2v) is 18.6. The fourth-order valence-corrected chi connectivity index (χ4v) is 9.22. The first-order chi connectivity index (χ1) is 25.4. The Morgan fingerprint density at radius 2 is 1.70 bits per heavy atom. The van der Waals surface area contributed by atoms with Crippen molar-refractivity contribution in [1.82, 2.24) is 30.5 Å². The molecule has 0 radical (unpaired) electrons. The fraction of sp³-hybridized carbons (Fsp3) is 0.625. The van der Waals surface area contributed by atoms with Crippen LogP contribution in [0.3, 0.4) is 0 Å². The van der Waals surface area contributed by atoms with Crippen molar-refractivity contribution in [1.29, 1.82) is 0 Å². The molecule has 13 nitrogen and oxygen atoms in total. The number of carbonyl (C=O) groups is 5. The lowest BCUT2D eigenvalue weighted by Crippen LogP contribution is -2.61. The molecule has 6 atom stereocenters. The predicted octanol–water partition coefficient (Wildman–Crippen LogP) is 3.22. The molecule has 296 valence electrons. The summed E-state index contributed by atoms with van der Waals surface area (Å²) >= 11 is 0. The van der Waals surface area contributed by atoms with Gasteiger partial charge in [-0.1, -0.05) is 78.2 Å². The summed E-state index contributed by atoms with van der Waals surface area (Å²) in [5.41, 5.74) is -0.807. The first kappa shape index (κ1) is 42.5. The summed E-state index contributed by atoms with van der Waals surface area (Å²) in [7, 11) is -2.37. The Hall–Kier alpha value is -4.22. The third-order valence-electron chi connectivity index (χ3n) is 11.5. The number of nitrogens with one attached hydrogen (secondary N) is 4. The van der Waals surface area contributed by atoms with Crippen LogP contribution in [0.15, 0.2) is 47.9 Å². The molecular weight excluding hydrogens is 709 g/mol. The van der Waals surface area contributed by atoms with E-state index in [2.05, 4.69) is 33.8 Å². The molecule has 2 saturated carbocycles. The molecule has 4 rings (SSSR count). The molecule has 1 heterocycles. The number of carbonyl (C=O) groups excluding carboxylic acids is 5. The molecule has 2 aliphatic carbocycles. The number of terminal acetylenes is 1. The topological polar surface area (TPSA) is 174 Å². The zero-order valence-corrected chi connectivity index (χ0v) is 33.3. The van der Waals surface area contributed by atoms with Crippen molar-refractivity contribution < 1.29 is 32.4 Å². The standard InChI is InChI=1S/C40H58N6O7S/c1-9-11-22-29(34(47)36(49)41-23-10-2)42-35(48)33-31-28(40(31,6)7)24-46(33)37(50)32(26-18-14-12-15-19-26)44-38(51)43-30(39(3,4)5)25-45(8)54(52,53)27-20-16-13-17-21-27/h1,10,13,16-17,20-21,26,28-33H,2,11-12,14-15,18-19,22-25H2,3-8H3,(H,41,49)(H,42,48)(H2,43,44,51)/t28-,29?,30+,31-,32-,33-/m0/s1. The summed E-state index contributed by atoms with van der Waals surface area (Å²) in [5, 5.41) is 11.1. The zero-order chi connectivity index (χ0) is 40.0. The number of rotatable bonds is 16. The lowest BCUT2D eigenvalue weighted by atomic mass is 9.83. The van der Waals surface area contributed by atoms with E-state index in [-0.39, 0.29) is 59.9 Å². The van der Waals surface area contributed by atoms with Gasteiger partial charge in [0, 0.05) is 39.1 Å². The SMILES string of the molecule is C#CCCC(NC(=O)[C@@H]1[C@@H]2[C@H](CN1C(=O)[C@@H](NC(=O)N[C@H](CN(C)S(=O)(=O)c1ccccc1)C(C)(C)C)C1CCCCC1)C2(C)C)C(=O)C(=O)NCC=C. The van der Waals surface area contributed by atoms with E-state index in [1.807, 2.05) is 34.6 Å². The van der Waals surface area contributed by atoms with Gasteiger partial charge in [-0.15, -0.1) is 18.9 Å². The van der Waals surface area contributed by atoms with E-state index < -0.39 is 63.2 Å². The molecular formula is C40H58N6O7S. The number of hydrogen-bond acceptors (Lipinski definition) is 7. The van der Waals surface area contributed by atoms with Crippen LogP contribution in [-0.2, 0) is 29.2 Å². The van der Waals surface area contributed by atoms with Crippen molar-refractivity contribution >= 4 is 39.6 Å². The molecule has 1 unspecified atom stereocenters. The molecule has 5 amide bonds. The number of hydrogen-bond donors (Lipinski definition) is 4. The number of likely N-dealkylation sites (N-methyl/N-ethyl adjacent to an activating group) is 1. The average Bonchev–Trinajstić information content (AvgIpc) is 3.43. The van der Waals surface area contributed by atoms with Gasteiger partial charge >= 0.3 is 6.03 Å². The first-order valence-electron chi connectivity index (χ1n) is 18.9. The number of likely N-dealkylation sites (tertiary alicyclic amines) is 1. The Balaban J connectivity index is 1.56. The molecule has 3 fully saturated rings. The Bertz CT molecular complexity index is 1710. The number of urea groups is 1. The van der Waals surface area contributed by atoms with E-state index in [1.54, 1.807) is 18.2 Å². The summed E-state index contributed by atoms with van der Waals surface area (Å²) in [5.74, 6) is -0.517. The maximum absolute atomic E-state index is 14.7. The lowest BCUT2D eigenvalue weighted by molar-refractivity contribution is -0.144. The number of amides is 5. The summed E-state index contributed by atoms with van der Waals surface area (Å²) in [4.78, 5) is 70.1. The van der Waals surface area contributed by atoms with Crippen molar-refractivity contribution in [3.05, 3.63) is 43.0 Å². The highest BCUT2D eigenvalue weighted by molar-refractivity contribution is 7.89. The molecule has 1 aromatic rings. The summed E-state index contributed by atoms with van der Waals surface area (Å²) in [6.07, 6.45) is 11.3. The highest BCUT2D eigenvalue weighted by Gasteiger charge is 2.69. The van der Waals surface area contributed by atoms with Crippen LogP contribution in [0.25, 0.3) is 0 Å². The predicted molar refractivity (Wildman–Crippen MR) is 206 cm³/mol. The summed E-state index contributed by atoms with van der Waals surface area (Å²) in [6.45, 7) is 13.7. The quantitative estimate of drug-likeness (QED) is 0.114. The molecule has 3 aliphatic rings. The van der Waals surface area contributed by atoms with Crippen LogP contribution < -0.4 is 21.3 Å². The fourth-order valence-electron chi connectivity index (χ4n) is 8.01. The van der Waals surface area contributed by atoms with Gasteiger partial charge in [-0.05, 0) is 60.0 Å². The lowest BCUT2D eigenvalue weighted by Gasteiger charge is -2.38. The maximum Gasteiger partial charge on any atom is 0.315 e. The minimum absolute atomic E-state index is 0.0197. The molecule has 54 heavy (non-hydrogen) atoms. The second kappa shape index (κ2) is 17.5. The number of piperidine rings is 1. The Kier molecular flexibility index (Phi) is 13.8. The van der Waals surface area contributed by atoms with Crippen LogP contribution in [-0.4, -0.2) is 98.0 Å². The van der Waals surface area contributed by atoms with Gasteiger partial charge < -0.3 is 26.2 Å². The van der Waals surface area contributed by atoms with Gasteiger partial charge in [-0.3, -0.25) is 19.2 Å². The Labute approximate surface area is 320 Å². The molecule has 0 spiro atoms. The number of fused-ring (bicyclic) bond motifs is 1. The zero-order valence-electron chi connectivity index (χ0n) is 32.5. The van der Waals surface area contributed by atoms with Crippen LogP contribution in [0.4, 0.5) is 4.79 Å². The van der Waals surface area contributed by atoms with Gasteiger partial charge in [-0.2, -0.15) is 4.31 Å². The average molecular weight is 767 g/mol. The van der Waals surface area contributed by atoms with E-state index >= 15 is 0 Å². The largest absolute Gasteiger partial charge is 0.346 e. The van der Waals surface area contributed by atoms with Crippen molar-refractivity contribution in [3.63, 3.8) is 0 Å². The summed E-state index contributed by atoms with van der Waals surface area (Å²) in [6, 6.07) is 3.76. The van der Waals surface area contributed by atoms with E-state index in [4.69, 9.17) is 6.42 Å². The molecule has 14 heteroatoms. The normalized spacial score (nSPS) is 22.5. The number of nitrogens with zero attached hydrogens (tertiary/aromatic N) is 2. The number of sulfonamides is 1. The first-order valence-corrected chi connectivity index (χ1v) is 20.4. The van der Waals surface area contributed by atoms with Crippen LogP contribution in [0.1, 0.15) is 79.6 Å². The number of benzene rings is 1. The Morgan fingerprint density at radius 1 is 1.06 bits per heavy atom. The van der Waals surface area contributed by atoms with Gasteiger partial charge in [0.2, 0.25) is 27.6 Å². The van der Waals surface area contributed by atoms with Gasteiger partial charge in [0.05, 0.1) is 10.9 Å². The highest BCUT2D eigenvalue weighted by Crippen LogP contribution is 2.65. The molecule has 0 bridgehead atoms. The molecule has 1 saturated heterocycles. The van der Waals surface area contributed by atoms with Crippen LogP contribution >= 0.6 is 0 Å². The Morgan fingerprint density at radius 3 is 2.30 bits per heavy atom. The molecule has 0 aromatic heterocycles. The smallest absolute Gasteiger partial charge is 0.315 e.